The molecule has 1 fully saturated rings. The molecular weight excluding hydrogens is 385 g/mol. The molecule has 0 spiro atoms. The van der Waals surface area contributed by atoms with E-state index in [1.807, 2.05) is 0 Å². The van der Waals surface area contributed by atoms with E-state index in [-0.39, 0.29) is 43.2 Å². The molecule has 1 aliphatic heterocycles. The smallest absolute Gasteiger partial charge is 0.367 e. The Hall–Kier alpha value is -1.65. The number of carbonyl (C=O) groups excluding carboxylic acids is 1. The van der Waals surface area contributed by atoms with Gasteiger partial charge in [0.15, 0.2) is 9.84 Å². The van der Waals surface area contributed by atoms with E-state index in [4.69, 9.17) is 0 Å². The Kier molecular flexibility index (Phi) is 7.24. The third-order valence-electron chi connectivity index (χ3n) is 4.27. The highest BCUT2D eigenvalue weighted by Crippen LogP contribution is 2.17. The summed E-state index contributed by atoms with van der Waals surface area (Å²) in [6.45, 7) is -1.05. The lowest BCUT2D eigenvalue weighted by atomic mass is 10.1. The van der Waals surface area contributed by atoms with Crippen LogP contribution in [-0.2, 0) is 32.5 Å². The summed E-state index contributed by atoms with van der Waals surface area (Å²) in [6.07, 6.45) is -3.82. The highest BCUT2D eigenvalue weighted by Gasteiger charge is 2.31. The van der Waals surface area contributed by atoms with Gasteiger partial charge in [0, 0.05) is 12.6 Å². The van der Waals surface area contributed by atoms with Gasteiger partial charge in [-0.3, -0.25) is 9.69 Å². The zero-order valence-electron chi connectivity index (χ0n) is 15.0. The number of hydrogen-bond acceptors (Lipinski definition) is 5. The van der Waals surface area contributed by atoms with Crippen molar-refractivity contribution in [3.63, 3.8) is 0 Å². The fourth-order valence-electron chi connectivity index (χ4n) is 2.77. The maximum absolute atomic E-state index is 12.0. The average Bonchev–Trinajstić information content (AvgIpc) is 2.93. The summed E-state index contributed by atoms with van der Waals surface area (Å²) in [7, 11) is -1.27. The van der Waals surface area contributed by atoms with Crippen molar-refractivity contribution in [2.24, 2.45) is 0 Å². The summed E-state index contributed by atoms with van der Waals surface area (Å²) < 4.78 is 63.7. The Balaban J connectivity index is 1.72. The van der Waals surface area contributed by atoms with Gasteiger partial charge in [0.1, 0.15) is 6.61 Å². The van der Waals surface area contributed by atoms with Gasteiger partial charge in [-0.1, -0.05) is 24.3 Å². The van der Waals surface area contributed by atoms with Gasteiger partial charge >= 0.3 is 6.18 Å². The minimum Gasteiger partial charge on any atom is -0.367 e. The first kappa shape index (κ1) is 21.6. The second kappa shape index (κ2) is 9.03. The van der Waals surface area contributed by atoms with Crippen LogP contribution in [-0.4, -0.2) is 63.1 Å². The van der Waals surface area contributed by atoms with Gasteiger partial charge in [0.25, 0.3) is 0 Å². The van der Waals surface area contributed by atoms with E-state index in [9.17, 15) is 26.4 Å². The second-order valence-corrected chi connectivity index (χ2v) is 8.90. The number of nitrogens with zero attached hydrogens (tertiary/aromatic N) is 1. The Morgan fingerprint density at radius 2 is 1.89 bits per heavy atom. The predicted molar refractivity (Wildman–Crippen MR) is 93.7 cm³/mol. The standard InChI is InChI=1S/C17H23F3N2O4S/c1-22(15-6-7-27(24,25)11-15)9-16(23)21-8-13-2-4-14(5-3-13)10-26-12-17(18,19)20/h2-5,15H,6-12H2,1H3,(H,21,23). The van der Waals surface area contributed by atoms with Gasteiger partial charge in [0.2, 0.25) is 5.91 Å². The van der Waals surface area contributed by atoms with Crippen LogP contribution in [0.2, 0.25) is 0 Å². The summed E-state index contributed by atoms with van der Waals surface area (Å²) in [5.41, 5.74) is 1.41. The first-order chi connectivity index (χ1) is 12.5. The number of halogens is 3. The minimum atomic E-state index is -4.35. The molecule has 0 aromatic heterocycles. The quantitative estimate of drug-likeness (QED) is 0.706. The van der Waals surface area contributed by atoms with Crippen LogP contribution in [0, 0.1) is 0 Å². The second-order valence-electron chi connectivity index (χ2n) is 6.67. The highest BCUT2D eigenvalue weighted by molar-refractivity contribution is 7.91. The zero-order chi connectivity index (χ0) is 20.1. The normalized spacial score (nSPS) is 19.4. The molecular formula is C17H23F3N2O4S. The highest BCUT2D eigenvalue weighted by atomic mass is 32.2. The number of rotatable bonds is 8. The van der Waals surface area contributed by atoms with Crippen LogP contribution in [0.3, 0.4) is 0 Å². The largest absolute Gasteiger partial charge is 0.411 e. The lowest BCUT2D eigenvalue weighted by Crippen LogP contribution is -2.41. The number of ether oxygens (including phenoxy) is 1. The van der Waals surface area contributed by atoms with Gasteiger partial charge in [-0.05, 0) is 24.6 Å². The summed E-state index contributed by atoms with van der Waals surface area (Å²) in [6, 6.07) is 6.57. The molecule has 1 heterocycles. The van der Waals surface area contributed by atoms with Crippen LogP contribution in [0.15, 0.2) is 24.3 Å². The number of likely N-dealkylation sites (N-methyl/N-ethyl adjacent to an activating group) is 1. The molecule has 1 amide bonds. The first-order valence-corrected chi connectivity index (χ1v) is 10.3. The molecule has 1 aromatic rings. The Morgan fingerprint density at radius 3 is 2.44 bits per heavy atom. The SMILES string of the molecule is CN(CC(=O)NCc1ccc(COCC(F)(F)F)cc1)C1CCS(=O)(=O)C1. The Bertz CT molecular complexity index is 736. The topological polar surface area (TPSA) is 75.7 Å². The Morgan fingerprint density at radius 1 is 1.26 bits per heavy atom. The van der Waals surface area contributed by atoms with Gasteiger partial charge < -0.3 is 10.1 Å². The molecule has 1 aliphatic rings. The summed E-state index contributed by atoms with van der Waals surface area (Å²) in [4.78, 5) is 13.8. The van der Waals surface area contributed by atoms with E-state index in [1.54, 1.807) is 36.2 Å². The molecule has 10 heteroatoms. The van der Waals surface area contributed by atoms with Crippen LogP contribution < -0.4 is 5.32 Å². The van der Waals surface area contributed by atoms with E-state index >= 15 is 0 Å². The number of sulfone groups is 1. The molecule has 1 unspecified atom stereocenters. The molecule has 0 saturated carbocycles. The third-order valence-corrected chi connectivity index (χ3v) is 6.02. The maximum atomic E-state index is 12.0. The van der Waals surface area contributed by atoms with Gasteiger partial charge in [-0.25, -0.2) is 8.42 Å². The van der Waals surface area contributed by atoms with Gasteiger partial charge in [-0.15, -0.1) is 0 Å². The summed E-state index contributed by atoms with van der Waals surface area (Å²) >= 11 is 0. The van der Waals surface area contributed by atoms with Gasteiger partial charge in [-0.2, -0.15) is 13.2 Å². The molecule has 1 N–H and O–H groups in total. The van der Waals surface area contributed by atoms with Crippen LogP contribution in [0.4, 0.5) is 13.2 Å². The van der Waals surface area contributed by atoms with Crippen LogP contribution in [0.25, 0.3) is 0 Å². The van der Waals surface area contributed by atoms with E-state index in [0.717, 1.165) is 5.56 Å². The third kappa shape index (κ3) is 7.86. The van der Waals surface area contributed by atoms with Crippen molar-refractivity contribution < 1.29 is 31.1 Å². The first-order valence-electron chi connectivity index (χ1n) is 8.44. The van der Waals surface area contributed by atoms with Crippen LogP contribution in [0.1, 0.15) is 17.5 Å². The molecule has 0 aliphatic carbocycles. The lowest BCUT2D eigenvalue weighted by molar-refractivity contribution is -0.176. The predicted octanol–water partition coefficient (Wildman–Crippen LogP) is 1.50. The maximum Gasteiger partial charge on any atom is 0.411 e. The van der Waals surface area contributed by atoms with E-state index in [1.165, 1.54) is 0 Å². The van der Waals surface area contributed by atoms with E-state index < -0.39 is 22.6 Å². The fraction of sp³-hybridized carbons (Fsp3) is 0.588. The number of carbonyl (C=O) groups is 1. The van der Waals surface area contributed by atoms with Crippen molar-refractivity contribution >= 4 is 15.7 Å². The molecule has 2 rings (SSSR count). The van der Waals surface area contributed by atoms with E-state index in [2.05, 4.69) is 10.1 Å². The van der Waals surface area contributed by atoms with Crippen molar-refractivity contribution in [1.29, 1.82) is 0 Å². The van der Waals surface area contributed by atoms with E-state index in [0.29, 0.717) is 12.0 Å². The number of alkyl halides is 3. The average molecular weight is 408 g/mol. The van der Waals surface area contributed by atoms with Gasteiger partial charge in [0.05, 0.1) is 24.7 Å². The number of benzene rings is 1. The summed E-state index contributed by atoms with van der Waals surface area (Å²) in [5, 5.41) is 2.75. The zero-order valence-corrected chi connectivity index (χ0v) is 15.8. The van der Waals surface area contributed by atoms with Crippen LogP contribution >= 0.6 is 0 Å². The number of amides is 1. The minimum absolute atomic E-state index is 0.0780. The van der Waals surface area contributed by atoms with Crippen LogP contribution in [0.5, 0.6) is 0 Å². The monoisotopic (exact) mass is 408 g/mol. The van der Waals surface area contributed by atoms with Crippen molar-refractivity contribution in [2.75, 3.05) is 31.7 Å². The molecule has 1 saturated heterocycles. The van der Waals surface area contributed by atoms with Crippen molar-refractivity contribution in [1.82, 2.24) is 10.2 Å². The molecule has 0 radical (unpaired) electrons. The molecule has 152 valence electrons. The lowest BCUT2D eigenvalue weighted by Gasteiger charge is -2.22. The van der Waals surface area contributed by atoms with Crippen molar-refractivity contribution in [3.8, 4) is 0 Å². The number of nitrogens with one attached hydrogen (secondary N) is 1. The summed E-state index contributed by atoms with van der Waals surface area (Å²) in [5.74, 6) is 0.0107. The molecule has 1 aromatic carbocycles. The molecule has 0 bridgehead atoms. The number of hydrogen-bond donors (Lipinski definition) is 1. The molecule has 1 atom stereocenters. The van der Waals surface area contributed by atoms with Crippen molar-refractivity contribution in [2.45, 2.75) is 31.8 Å². The molecule has 6 nitrogen and oxygen atoms in total. The van der Waals surface area contributed by atoms with Crippen molar-refractivity contribution in [3.05, 3.63) is 35.4 Å². The molecule has 27 heavy (non-hydrogen) atoms. The Labute approximate surface area is 156 Å². The fourth-order valence-corrected chi connectivity index (χ4v) is 4.58.